The lowest BCUT2D eigenvalue weighted by atomic mass is 9.76. The number of rotatable bonds is 1. The Bertz CT molecular complexity index is 1050. The first kappa shape index (κ1) is 12.0. The van der Waals surface area contributed by atoms with Gasteiger partial charge in [-0.05, 0) is 28.8 Å². The summed E-state index contributed by atoms with van der Waals surface area (Å²) < 4.78 is 6.26. The molecule has 5 rings (SSSR count). The molecule has 1 aliphatic rings. The Morgan fingerprint density at radius 2 is 1.59 bits per heavy atom. The molecule has 1 nitrogen and oxygen atoms in total. The predicted octanol–water partition coefficient (Wildman–Crippen LogP) is 6.03. The maximum Gasteiger partial charge on any atom is 0.139 e. The van der Waals surface area contributed by atoms with Crippen LogP contribution in [0.1, 0.15) is 18.4 Å². The van der Waals surface area contributed by atoms with Gasteiger partial charge in [-0.15, -0.1) is 0 Å². The molecule has 1 heterocycles. The smallest absolute Gasteiger partial charge is 0.139 e. The van der Waals surface area contributed by atoms with Gasteiger partial charge in [0.15, 0.2) is 0 Å². The van der Waals surface area contributed by atoms with Crippen LogP contribution >= 0.6 is 0 Å². The molecule has 3 aromatic carbocycles. The average Bonchev–Trinajstić information content (AvgIpc) is 2.92. The molecule has 22 heavy (non-hydrogen) atoms. The van der Waals surface area contributed by atoms with Crippen molar-refractivity contribution in [2.75, 3.05) is 0 Å². The zero-order valence-electron chi connectivity index (χ0n) is 12.4. The first-order valence-corrected chi connectivity index (χ1v) is 7.84. The number of hydrogen-bond acceptors (Lipinski definition) is 1. The number of benzene rings is 3. The summed E-state index contributed by atoms with van der Waals surface area (Å²) in [6.07, 6.45) is 4.58. The molecule has 2 atom stereocenters. The number of allylic oxidation sites excluding steroid dienone is 2. The standard InChI is InChI=1S/C21H16O/c1-13-10-11-15(13)20-16-7-3-2-6-14(16)12-18-17-8-4-5-9-19(17)22-21(18)20/h2-13,15H,1H3. The van der Waals surface area contributed by atoms with E-state index in [1.54, 1.807) is 0 Å². The summed E-state index contributed by atoms with van der Waals surface area (Å²) in [5.74, 6) is 1.02. The molecule has 0 saturated carbocycles. The molecule has 4 aromatic rings. The van der Waals surface area contributed by atoms with E-state index in [-0.39, 0.29) is 0 Å². The summed E-state index contributed by atoms with van der Waals surface area (Å²) in [6.45, 7) is 2.28. The number of furan rings is 1. The van der Waals surface area contributed by atoms with Gasteiger partial charge < -0.3 is 4.42 Å². The molecule has 0 amide bonds. The SMILES string of the molecule is CC1C=CC1c1c2ccccc2cc2c1oc1ccccc12. The molecule has 1 heteroatoms. The van der Waals surface area contributed by atoms with Crippen LogP contribution in [0.3, 0.4) is 0 Å². The Hall–Kier alpha value is -2.54. The van der Waals surface area contributed by atoms with Crippen molar-refractivity contribution in [3.05, 3.63) is 72.3 Å². The van der Waals surface area contributed by atoms with Crippen LogP contribution in [0, 0.1) is 5.92 Å². The highest BCUT2D eigenvalue weighted by Crippen LogP contribution is 2.44. The quantitative estimate of drug-likeness (QED) is 0.389. The molecule has 0 spiro atoms. The fourth-order valence-electron chi connectivity index (χ4n) is 3.69. The second-order valence-electron chi connectivity index (χ2n) is 6.26. The zero-order chi connectivity index (χ0) is 14.7. The van der Waals surface area contributed by atoms with Gasteiger partial charge in [0.05, 0.1) is 0 Å². The average molecular weight is 284 g/mol. The molecule has 1 aromatic heterocycles. The molecule has 0 bridgehead atoms. The second kappa shape index (κ2) is 4.23. The van der Waals surface area contributed by atoms with E-state index in [0.717, 1.165) is 11.2 Å². The summed E-state index contributed by atoms with van der Waals surface area (Å²) in [4.78, 5) is 0. The third kappa shape index (κ3) is 1.48. The molecule has 0 radical (unpaired) electrons. The van der Waals surface area contributed by atoms with Crippen LogP contribution in [-0.4, -0.2) is 0 Å². The Balaban J connectivity index is 2.01. The highest BCUT2D eigenvalue weighted by atomic mass is 16.3. The van der Waals surface area contributed by atoms with E-state index in [1.807, 2.05) is 6.07 Å². The summed E-state index contributed by atoms with van der Waals surface area (Å²) in [7, 11) is 0. The maximum absolute atomic E-state index is 6.26. The van der Waals surface area contributed by atoms with Crippen molar-refractivity contribution in [1.82, 2.24) is 0 Å². The third-order valence-corrected chi connectivity index (χ3v) is 4.95. The lowest BCUT2D eigenvalue weighted by Crippen LogP contribution is -2.13. The summed E-state index contributed by atoms with van der Waals surface area (Å²) in [5, 5.41) is 5.05. The third-order valence-electron chi connectivity index (χ3n) is 4.95. The van der Waals surface area contributed by atoms with Crippen molar-refractivity contribution in [2.24, 2.45) is 5.92 Å². The van der Waals surface area contributed by atoms with Crippen LogP contribution in [0.4, 0.5) is 0 Å². The predicted molar refractivity (Wildman–Crippen MR) is 92.3 cm³/mol. The van der Waals surface area contributed by atoms with Gasteiger partial charge in [-0.3, -0.25) is 0 Å². The van der Waals surface area contributed by atoms with E-state index in [0.29, 0.717) is 11.8 Å². The molecule has 0 aliphatic heterocycles. The van der Waals surface area contributed by atoms with Gasteiger partial charge in [-0.1, -0.05) is 61.5 Å². The van der Waals surface area contributed by atoms with Crippen LogP contribution in [0.15, 0.2) is 71.2 Å². The van der Waals surface area contributed by atoms with Crippen LogP contribution in [0.2, 0.25) is 0 Å². The molecule has 0 fully saturated rings. The first-order chi connectivity index (χ1) is 10.8. The van der Waals surface area contributed by atoms with Gasteiger partial charge in [0, 0.05) is 22.3 Å². The molecular formula is C21H16O. The minimum atomic E-state index is 0.453. The van der Waals surface area contributed by atoms with Crippen LogP contribution < -0.4 is 0 Å². The van der Waals surface area contributed by atoms with Crippen molar-refractivity contribution in [3.8, 4) is 0 Å². The zero-order valence-corrected chi connectivity index (χ0v) is 12.4. The minimum Gasteiger partial charge on any atom is -0.456 e. The number of fused-ring (bicyclic) bond motifs is 4. The van der Waals surface area contributed by atoms with E-state index in [9.17, 15) is 0 Å². The Morgan fingerprint density at radius 1 is 0.818 bits per heavy atom. The molecular weight excluding hydrogens is 268 g/mol. The van der Waals surface area contributed by atoms with Gasteiger partial charge in [0.25, 0.3) is 0 Å². The van der Waals surface area contributed by atoms with Gasteiger partial charge in [-0.2, -0.15) is 0 Å². The summed E-state index contributed by atoms with van der Waals surface area (Å²) in [5.41, 5.74) is 3.38. The monoisotopic (exact) mass is 284 g/mol. The topological polar surface area (TPSA) is 13.1 Å². The summed E-state index contributed by atoms with van der Waals surface area (Å²) >= 11 is 0. The Labute approximate surface area is 128 Å². The Kier molecular flexibility index (Phi) is 2.32. The molecule has 1 aliphatic carbocycles. The van der Waals surface area contributed by atoms with E-state index in [4.69, 9.17) is 4.42 Å². The van der Waals surface area contributed by atoms with E-state index < -0.39 is 0 Å². The van der Waals surface area contributed by atoms with Crippen molar-refractivity contribution in [3.63, 3.8) is 0 Å². The highest BCUT2D eigenvalue weighted by molar-refractivity contribution is 6.12. The van der Waals surface area contributed by atoms with E-state index in [1.165, 1.54) is 27.1 Å². The Morgan fingerprint density at radius 3 is 2.36 bits per heavy atom. The maximum atomic E-state index is 6.26. The van der Waals surface area contributed by atoms with Gasteiger partial charge in [0.2, 0.25) is 0 Å². The van der Waals surface area contributed by atoms with Gasteiger partial charge in [-0.25, -0.2) is 0 Å². The van der Waals surface area contributed by atoms with Crippen molar-refractivity contribution in [2.45, 2.75) is 12.8 Å². The lowest BCUT2D eigenvalue weighted by Gasteiger charge is -2.27. The highest BCUT2D eigenvalue weighted by Gasteiger charge is 2.27. The molecule has 106 valence electrons. The minimum absolute atomic E-state index is 0.453. The van der Waals surface area contributed by atoms with Gasteiger partial charge in [0.1, 0.15) is 11.2 Å². The van der Waals surface area contributed by atoms with Crippen LogP contribution in [-0.2, 0) is 0 Å². The summed E-state index contributed by atoms with van der Waals surface area (Å²) in [6, 6.07) is 19.3. The van der Waals surface area contributed by atoms with Crippen LogP contribution in [0.5, 0.6) is 0 Å². The van der Waals surface area contributed by atoms with E-state index in [2.05, 4.69) is 67.6 Å². The fraction of sp³-hybridized carbons (Fsp3) is 0.143. The first-order valence-electron chi connectivity index (χ1n) is 7.84. The van der Waals surface area contributed by atoms with Crippen LogP contribution in [0.25, 0.3) is 32.7 Å². The largest absolute Gasteiger partial charge is 0.456 e. The fourth-order valence-corrected chi connectivity index (χ4v) is 3.69. The molecule has 2 unspecified atom stereocenters. The molecule has 0 N–H and O–H groups in total. The lowest BCUT2D eigenvalue weighted by molar-refractivity contribution is 0.575. The second-order valence-corrected chi connectivity index (χ2v) is 6.26. The van der Waals surface area contributed by atoms with Crippen molar-refractivity contribution in [1.29, 1.82) is 0 Å². The molecule has 0 saturated heterocycles. The van der Waals surface area contributed by atoms with E-state index >= 15 is 0 Å². The van der Waals surface area contributed by atoms with Gasteiger partial charge >= 0.3 is 0 Å². The van der Waals surface area contributed by atoms with Crippen molar-refractivity contribution < 1.29 is 4.42 Å². The normalized spacial score (nSPS) is 20.8. The van der Waals surface area contributed by atoms with Crippen molar-refractivity contribution >= 4 is 32.7 Å². The number of hydrogen-bond donors (Lipinski definition) is 0. The number of para-hydroxylation sites is 1.